The van der Waals surface area contributed by atoms with Gasteiger partial charge in [-0.25, -0.2) is 0 Å². The summed E-state index contributed by atoms with van der Waals surface area (Å²) in [5, 5.41) is 11.4. The van der Waals surface area contributed by atoms with E-state index in [0.29, 0.717) is 19.4 Å². The number of aliphatic hydroxyl groups excluding tert-OH is 1. The lowest BCUT2D eigenvalue weighted by atomic mass is 10.2. The van der Waals surface area contributed by atoms with Crippen LogP contribution in [-0.4, -0.2) is 61.4 Å². The second kappa shape index (κ2) is 7.60. The molecule has 1 aliphatic rings. The highest BCUT2D eigenvalue weighted by molar-refractivity contribution is 5.75. The zero-order valence-corrected chi connectivity index (χ0v) is 9.95. The summed E-state index contributed by atoms with van der Waals surface area (Å²) in [5.41, 5.74) is 0. The quantitative estimate of drug-likeness (QED) is 0.651. The number of nitrogens with one attached hydrogen (secondary N) is 1. The van der Waals surface area contributed by atoms with Crippen molar-refractivity contribution in [1.29, 1.82) is 0 Å². The highest BCUT2D eigenvalue weighted by Gasteiger charge is 2.19. The van der Waals surface area contributed by atoms with Crippen LogP contribution in [0.15, 0.2) is 0 Å². The van der Waals surface area contributed by atoms with Gasteiger partial charge in [0.2, 0.25) is 5.91 Å². The van der Waals surface area contributed by atoms with E-state index in [-0.39, 0.29) is 18.6 Å². The zero-order chi connectivity index (χ0) is 11.8. The Hall–Kier alpha value is -0.650. The average molecular weight is 230 g/mol. The van der Waals surface area contributed by atoms with Crippen LogP contribution in [0.1, 0.15) is 19.8 Å². The highest BCUT2D eigenvalue weighted by Crippen LogP contribution is 2.03. The fourth-order valence-corrected chi connectivity index (χ4v) is 1.75. The van der Waals surface area contributed by atoms with Crippen molar-refractivity contribution in [2.24, 2.45) is 0 Å². The van der Waals surface area contributed by atoms with Crippen molar-refractivity contribution in [3.8, 4) is 0 Å². The molecule has 0 aromatic heterocycles. The monoisotopic (exact) mass is 230 g/mol. The molecule has 0 saturated carbocycles. The largest absolute Gasteiger partial charge is 0.396 e. The lowest BCUT2D eigenvalue weighted by Gasteiger charge is -2.32. The molecule has 5 nitrogen and oxygen atoms in total. The fraction of sp³-hybridized carbons (Fsp3) is 0.909. The van der Waals surface area contributed by atoms with Gasteiger partial charge in [-0.1, -0.05) is 6.92 Å². The van der Waals surface area contributed by atoms with E-state index in [1.54, 1.807) is 0 Å². The average Bonchev–Trinajstić information content (AvgIpc) is 2.34. The van der Waals surface area contributed by atoms with Crippen molar-refractivity contribution in [1.82, 2.24) is 10.2 Å². The minimum atomic E-state index is -0.00808. The molecule has 0 bridgehead atoms. The molecule has 0 aromatic carbocycles. The van der Waals surface area contributed by atoms with Crippen LogP contribution in [0.25, 0.3) is 0 Å². The van der Waals surface area contributed by atoms with Gasteiger partial charge >= 0.3 is 0 Å². The Morgan fingerprint density at radius 3 is 3.12 bits per heavy atom. The predicted molar refractivity (Wildman–Crippen MR) is 61.2 cm³/mol. The topological polar surface area (TPSA) is 61.8 Å². The van der Waals surface area contributed by atoms with E-state index in [0.717, 1.165) is 26.2 Å². The molecule has 0 aromatic rings. The van der Waals surface area contributed by atoms with E-state index >= 15 is 0 Å². The van der Waals surface area contributed by atoms with Gasteiger partial charge in [-0.2, -0.15) is 0 Å². The van der Waals surface area contributed by atoms with Gasteiger partial charge in [-0.05, 0) is 13.0 Å². The van der Waals surface area contributed by atoms with Gasteiger partial charge in [0.25, 0.3) is 0 Å². The molecule has 16 heavy (non-hydrogen) atoms. The van der Waals surface area contributed by atoms with Crippen molar-refractivity contribution in [2.45, 2.75) is 25.9 Å². The minimum absolute atomic E-state index is 0.00808. The molecule has 1 aliphatic heterocycles. The Morgan fingerprint density at radius 2 is 2.44 bits per heavy atom. The first-order valence-corrected chi connectivity index (χ1v) is 5.97. The molecule has 1 heterocycles. The van der Waals surface area contributed by atoms with Crippen molar-refractivity contribution >= 4 is 5.91 Å². The second-order valence-electron chi connectivity index (χ2n) is 4.02. The van der Waals surface area contributed by atoms with Gasteiger partial charge in [-0.3, -0.25) is 9.69 Å². The van der Waals surface area contributed by atoms with Crippen LogP contribution in [0.3, 0.4) is 0 Å². The van der Waals surface area contributed by atoms with E-state index < -0.39 is 0 Å². The van der Waals surface area contributed by atoms with Gasteiger partial charge in [0.1, 0.15) is 0 Å². The normalized spacial score (nSPS) is 22.0. The number of amides is 1. The van der Waals surface area contributed by atoms with Crippen LogP contribution in [0.2, 0.25) is 0 Å². The molecule has 1 rings (SSSR count). The third-order valence-electron chi connectivity index (χ3n) is 2.76. The molecule has 0 spiro atoms. The summed E-state index contributed by atoms with van der Waals surface area (Å²) in [6.45, 7) is 6.39. The number of rotatable bonds is 6. The summed E-state index contributed by atoms with van der Waals surface area (Å²) in [6.07, 6.45) is 1.02. The first kappa shape index (κ1) is 13.4. The molecule has 1 unspecified atom stereocenters. The third-order valence-corrected chi connectivity index (χ3v) is 2.76. The molecule has 0 radical (unpaired) electrons. The number of nitrogens with zero attached hydrogens (tertiary/aromatic N) is 1. The van der Waals surface area contributed by atoms with Crippen LogP contribution in [-0.2, 0) is 9.53 Å². The van der Waals surface area contributed by atoms with Crippen molar-refractivity contribution in [2.75, 3.05) is 39.4 Å². The van der Waals surface area contributed by atoms with Gasteiger partial charge < -0.3 is 15.2 Å². The van der Waals surface area contributed by atoms with Crippen LogP contribution in [0.4, 0.5) is 0 Å². The lowest BCUT2D eigenvalue weighted by Crippen LogP contribution is -2.47. The Kier molecular flexibility index (Phi) is 6.37. The Bertz CT molecular complexity index is 211. The molecular weight excluding hydrogens is 208 g/mol. The first-order chi connectivity index (χ1) is 7.76. The van der Waals surface area contributed by atoms with E-state index in [9.17, 15) is 4.79 Å². The first-order valence-electron chi connectivity index (χ1n) is 5.97. The summed E-state index contributed by atoms with van der Waals surface area (Å²) >= 11 is 0. The number of likely N-dealkylation sites (N-methyl/N-ethyl adjacent to an activating group) is 1. The van der Waals surface area contributed by atoms with Gasteiger partial charge in [0.05, 0.1) is 12.7 Å². The minimum Gasteiger partial charge on any atom is -0.396 e. The van der Waals surface area contributed by atoms with Crippen molar-refractivity contribution in [3.05, 3.63) is 0 Å². The summed E-state index contributed by atoms with van der Waals surface area (Å²) in [5.74, 6) is -0.00808. The van der Waals surface area contributed by atoms with Crippen molar-refractivity contribution in [3.63, 3.8) is 0 Å². The molecule has 0 aliphatic carbocycles. The molecule has 94 valence electrons. The van der Waals surface area contributed by atoms with Crippen LogP contribution < -0.4 is 5.32 Å². The molecule has 2 N–H and O–H groups in total. The molecule has 5 heteroatoms. The third kappa shape index (κ3) is 4.92. The summed E-state index contributed by atoms with van der Waals surface area (Å²) in [4.78, 5) is 13.6. The maximum Gasteiger partial charge on any atom is 0.220 e. The Labute approximate surface area is 96.8 Å². The molecular formula is C11H22N2O3. The van der Waals surface area contributed by atoms with Crippen molar-refractivity contribution < 1.29 is 14.6 Å². The number of carbonyl (C=O) groups excluding carboxylic acids is 1. The van der Waals surface area contributed by atoms with Crippen LogP contribution in [0.5, 0.6) is 0 Å². The Morgan fingerprint density at radius 1 is 1.62 bits per heavy atom. The zero-order valence-electron chi connectivity index (χ0n) is 9.95. The maximum absolute atomic E-state index is 11.3. The van der Waals surface area contributed by atoms with Gasteiger partial charge in [0, 0.05) is 32.7 Å². The molecule has 1 atom stereocenters. The number of hydrogen-bond acceptors (Lipinski definition) is 4. The predicted octanol–water partition coefficient (Wildman–Crippen LogP) is -0.404. The van der Waals surface area contributed by atoms with E-state index in [1.165, 1.54) is 0 Å². The van der Waals surface area contributed by atoms with Gasteiger partial charge in [-0.15, -0.1) is 0 Å². The highest BCUT2D eigenvalue weighted by atomic mass is 16.5. The Balaban J connectivity index is 2.14. The van der Waals surface area contributed by atoms with E-state index in [4.69, 9.17) is 9.84 Å². The standard InChI is InChI=1S/C11H22N2O3/c1-2-13-5-7-16-10(9-13)8-12-11(15)4-3-6-14/h10,14H,2-9H2,1H3,(H,12,15). The number of hydrogen-bond donors (Lipinski definition) is 2. The molecule has 1 fully saturated rings. The van der Waals surface area contributed by atoms with Crippen LogP contribution in [0, 0.1) is 0 Å². The number of morpholine rings is 1. The van der Waals surface area contributed by atoms with Gasteiger partial charge in [0.15, 0.2) is 0 Å². The fourth-order valence-electron chi connectivity index (χ4n) is 1.75. The van der Waals surface area contributed by atoms with Crippen LogP contribution >= 0.6 is 0 Å². The number of ether oxygens (including phenoxy) is 1. The summed E-state index contributed by atoms with van der Waals surface area (Å²) < 4.78 is 5.56. The maximum atomic E-state index is 11.3. The van der Waals surface area contributed by atoms with E-state index in [1.807, 2.05) is 0 Å². The summed E-state index contributed by atoms with van der Waals surface area (Å²) in [7, 11) is 0. The van der Waals surface area contributed by atoms with E-state index in [2.05, 4.69) is 17.1 Å². The second-order valence-corrected chi connectivity index (χ2v) is 4.02. The molecule has 1 amide bonds. The molecule has 1 saturated heterocycles. The number of aliphatic hydroxyl groups is 1. The SMILES string of the molecule is CCN1CCOC(CNC(=O)CCCO)C1. The summed E-state index contributed by atoms with van der Waals surface area (Å²) in [6, 6.07) is 0. The lowest BCUT2D eigenvalue weighted by molar-refractivity contribution is -0.122. The smallest absolute Gasteiger partial charge is 0.220 e. The number of carbonyl (C=O) groups is 1.